The number of halogens is 1. The molecule has 2 rings (SSSR count). The highest BCUT2D eigenvalue weighted by Gasteiger charge is 2.21. The number of benzene rings is 1. The Hall–Kier alpha value is -1.25. The molecule has 1 aromatic rings. The minimum atomic E-state index is -0.263. The maximum atomic E-state index is 13.2. The lowest BCUT2D eigenvalue weighted by Crippen LogP contribution is -2.07. The van der Waals surface area contributed by atoms with Gasteiger partial charge in [0, 0.05) is 6.54 Å². The predicted molar refractivity (Wildman–Crippen MR) is 52.0 cm³/mol. The third-order valence-corrected chi connectivity index (χ3v) is 2.31. The predicted octanol–water partition coefficient (Wildman–Crippen LogP) is 2.23. The highest BCUT2D eigenvalue weighted by atomic mass is 19.1. The van der Waals surface area contributed by atoms with Gasteiger partial charge in [0.05, 0.1) is 11.4 Å². The van der Waals surface area contributed by atoms with Crippen molar-refractivity contribution in [1.82, 2.24) is 0 Å². The topological polar surface area (TPSA) is 38.0 Å². The van der Waals surface area contributed by atoms with Gasteiger partial charge in [0.15, 0.2) is 0 Å². The summed E-state index contributed by atoms with van der Waals surface area (Å²) in [6.45, 7) is 0.838. The summed E-state index contributed by atoms with van der Waals surface area (Å²) in [7, 11) is 0. The van der Waals surface area contributed by atoms with Gasteiger partial charge in [0.25, 0.3) is 0 Å². The Morgan fingerprint density at radius 3 is 2.85 bits per heavy atom. The molecule has 0 aliphatic heterocycles. The summed E-state index contributed by atoms with van der Waals surface area (Å²) in [4.78, 5) is 0. The van der Waals surface area contributed by atoms with Crippen LogP contribution in [-0.4, -0.2) is 6.54 Å². The third-order valence-electron chi connectivity index (χ3n) is 2.31. The third kappa shape index (κ3) is 1.91. The van der Waals surface area contributed by atoms with E-state index in [-0.39, 0.29) is 5.82 Å². The van der Waals surface area contributed by atoms with Crippen molar-refractivity contribution in [1.29, 1.82) is 0 Å². The first kappa shape index (κ1) is 8.35. The molecule has 70 valence electrons. The Morgan fingerprint density at radius 1 is 1.46 bits per heavy atom. The molecule has 0 atom stereocenters. The van der Waals surface area contributed by atoms with Gasteiger partial charge in [-0.3, -0.25) is 0 Å². The van der Waals surface area contributed by atoms with Crippen molar-refractivity contribution in [3.05, 3.63) is 24.0 Å². The van der Waals surface area contributed by atoms with Crippen LogP contribution < -0.4 is 11.1 Å². The van der Waals surface area contributed by atoms with Gasteiger partial charge in [-0.1, -0.05) is 6.07 Å². The van der Waals surface area contributed by atoms with Crippen LogP contribution in [0.1, 0.15) is 12.8 Å². The van der Waals surface area contributed by atoms with E-state index in [1.807, 2.05) is 0 Å². The average Bonchev–Trinajstić information content (AvgIpc) is 2.87. The highest BCUT2D eigenvalue weighted by Crippen LogP contribution is 2.30. The first-order chi connectivity index (χ1) is 6.27. The molecule has 1 fully saturated rings. The zero-order chi connectivity index (χ0) is 9.26. The zero-order valence-corrected chi connectivity index (χ0v) is 7.39. The van der Waals surface area contributed by atoms with E-state index in [4.69, 9.17) is 5.73 Å². The smallest absolute Gasteiger partial charge is 0.148 e. The zero-order valence-electron chi connectivity index (χ0n) is 7.39. The van der Waals surface area contributed by atoms with E-state index in [1.54, 1.807) is 12.1 Å². The molecule has 1 aliphatic carbocycles. The lowest BCUT2D eigenvalue weighted by atomic mass is 10.2. The lowest BCUT2D eigenvalue weighted by molar-refractivity contribution is 0.630. The molecule has 0 aromatic heterocycles. The summed E-state index contributed by atoms with van der Waals surface area (Å²) in [5, 5.41) is 3.04. The molecule has 0 bridgehead atoms. The molecule has 0 radical (unpaired) electrons. The number of nitrogens with two attached hydrogens (primary N) is 1. The van der Waals surface area contributed by atoms with Gasteiger partial charge in [-0.25, -0.2) is 4.39 Å². The summed E-state index contributed by atoms with van der Waals surface area (Å²) in [5.41, 5.74) is 6.57. The van der Waals surface area contributed by atoms with E-state index < -0.39 is 0 Å². The van der Waals surface area contributed by atoms with Crippen LogP contribution in [0.5, 0.6) is 0 Å². The van der Waals surface area contributed by atoms with Gasteiger partial charge < -0.3 is 11.1 Å². The molecule has 2 nitrogen and oxygen atoms in total. The second-order valence-electron chi connectivity index (χ2n) is 3.53. The van der Waals surface area contributed by atoms with Crippen LogP contribution in [0.3, 0.4) is 0 Å². The molecule has 0 heterocycles. The lowest BCUT2D eigenvalue weighted by Gasteiger charge is -2.08. The van der Waals surface area contributed by atoms with Gasteiger partial charge in [0.2, 0.25) is 0 Å². The molecule has 1 saturated carbocycles. The summed E-state index contributed by atoms with van der Waals surface area (Å²) in [6.07, 6.45) is 2.50. The average molecular weight is 180 g/mol. The molecule has 13 heavy (non-hydrogen) atoms. The molecular formula is C10H13FN2. The van der Waals surface area contributed by atoms with Crippen LogP contribution in [0.2, 0.25) is 0 Å². The molecule has 0 unspecified atom stereocenters. The van der Waals surface area contributed by atoms with Gasteiger partial charge >= 0.3 is 0 Å². The Labute approximate surface area is 76.9 Å². The van der Waals surface area contributed by atoms with Crippen LogP contribution in [-0.2, 0) is 0 Å². The van der Waals surface area contributed by atoms with E-state index >= 15 is 0 Å². The number of hydrogen-bond acceptors (Lipinski definition) is 2. The number of anilines is 2. The molecular weight excluding hydrogens is 167 g/mol. The number of nitrogens with one attached hydrogen (secondary N) is 1. The number of para-hydroxylation sites is 1. The van der Waals surface area contributed by atoms with Crippen molar-refractivity contribution < 1.29 is 4.39 Å². The summed E-state index contributed by atoms with van der Waals surface area (Å²) in [6, 6.07) is 4.75. The van der Waals surface area contributed by atoms with Crippen molar-refractivity contribution in [2.24, 2.45) is 5.92 Å². The second kappa shape index (κ2) is 3.24. The standard InChI is InChI=1S/C10H13FN2/c11-8-2-1-3-9(12)10(8)13-6-7-4-5-7/h1-3,7,13H,4-6,12H2. The maximum Gasteiger partial charge on any atom is 0.148 e. The molecule has 3 N–H and O–H groups in total. The first-order valence-electron chi connectivity index (χ1n) is 4.55. The quantitative estimate of drug-likeness (QED) is 0.700. The van der Waals surface area contributed by atoms with E-state index in [9.17, 15) is 4.39 Å². The van der Waals surface area contributed by atoms with Crippen molar-refractivity contribution in [3.63, 3.8) is 0 Å². The maximum absolute atomic E-state index is 13.2. The monoisotopic (exact) mass is 180 g/mol. The van der Waals surface area contributed by atoms with Gasteiger partial charge in [0.1, 0.15) is 5.82 Å². The van der Waals surface area contributed by atoms with Crippen molar-refractivity contribution >= 4 is 11.4 Å². The van der Waals surface area contributed by atoms with E-state index in [2.05, 4.69) is 5.32 Å². The van der Waals surface area contributed by atoms with Gasteiger partial charge in [-0.15, -0.1) is 0 Å². The van der Waals surface area contributed by atoms with Gasteiger partial charge in [-0.05, 0) is 30.9 Å². The highest BCUT2D eigenvalue weighted by molar-refractivity contribution is 5.66. The van der Waals surface area contributed by atoms with Crippen LogP contribution in [0.4, 0.5) is 15.8 Å². The number of hydrogen-bond donors (Lipinski definition) is 2. The van der Waals surface area contributed by atoms with E-state index in [1.165, 1.54) is 18.9 Å². The molecule has 3 heteroatoms. The van der Waals surface area contributed by atoms with Crippen LogP contribution in [0, 0.1) is 11.7 Å². The minimum Gasteiger partial charge on any atom is -0.397 e. The summed E-state index contributed by atoms with van der Waals surface area (Å²) in [5.74, 6) is 0.458. The number of rotatable bonds is 3. The van der Waals surface area contributed by atoms with Crippen LogP contribution >= 0.6 is 0 Å². The molecule has 1 aliphatic rings. The van der Waals surface area contributed by atoms with Crippen molar-refractivity contribution in [2.75, 3.05) is 17.6 Å². The van der Waals surface area contributed by atoms with Crippen LogP contribution in [0.15, 0.2) is 18.2 Å². The van der Waals surface area contributed by atoms with Crippen LogP contribution in [0.25, 0.3) is 0 Å². The first-order valence-corrected chi connectivity index (χ1v) is 4.55. The number of nitrogen functional groups attached to an aromatic ring is 1. The fourth-order valence-electron chi connectivity index (χ4n) is 1.30. The molecule has 0 saturated heterocycles. The Kier molecular flexibility index (Phi) is 2.08. The van der Waals surface area contributed by atoms with E-state index in [0.29, 0.717) is 11.4 Å². The minimum absolute atomic E-state index is 0.263. The summed E-state index contributed by atoms with van der Waals surface area (Å²) >= 11 is 0. The van der Waals surface area contributed by atoms with Gasteiger partial charge in [-0.2, -0.15) is 0 Å². The fourth-order valence-corrected chi connectivity index (χ4v) is 1.30. The van der Waals surface area contributed by atoms with Crippen molar-refractivity contribution in [2.45, 2.75) is 12.8 Å². The Balaban J connectivity index is 2.07. The van der Waals surface area contributed by atoms with Crippen molar-refractivity contribution in [3.8, 4) is 0 Å². The second-order valence-corrected chi connectivity index (χ2v) is 3.53. The Bertz CT molecular complexity index is 288. The fraction of sp³-hybridized carbons (Fsp3) is 0.400. The SMILES string of the molecule is Nc1cccc(F)c1NCC1CC1. The molecule has 0 amide bonds. The molecule has 0 spiro atoms. The summed E-state index contributed by atoms with van der Waals surface area (Å²) < 4.78 is 13.2. The molecule has 1 aromatic carbocycles. The van der Waals surface area contributed by atoms with E-state index in [0.717, 1.165) is 12.5 Å². The normalized spacial score (nSPS) is 15.8. The Morgan fingerprint density at radius 2 is 2.23 bits per heavy atom. The largest absolute Gasteiger partial charge is 0.397 e.